The molecule has 4 aromatic rings. The Bertz CT molecular complexity index is 1390. The summed E-state index contributed by atoms with van der Waals surface area (Å²) in [5.74, 6) is 0.216. The van der Waals surface area contributed by atoms with Crippen LogP contribution in [0, 0.1) is 0 Å². The molecule has 34 heavy (non-hydrogen) atoms. The van der Waals surface area contributed by atoms with Crippen LogP contribution in [0.2, 0.25) is 0 Å². The van der Waals surface area contributed by atoms with Gasteiger partial charge in [-0.1, -0.05) is 30.3 Å². The molecule has 3 aromatic carbocycles. The minimum Gasteiger partial charge on any atom is -0.508 e. The van der Waals surface area contributed by atoms with E-state index in [0.717, 1.165) is 35.4 Å². The topological polar surface area (TPSA) is 69.3 Å². The molecule has 0 aliphatic carbocycles. The SMILES string of the molecule is CCN(CC)c1ccc2cc(C3=NN(c4ccccc4)C(c4ccc(O)cc4)C3)c(=O)oc2c1. The second-order valence-corrected chi connectivity index (χ2v) is 8.38. The third kappa shape index (κ3) is 4.03. The summed E-state index contributed by atoms with van der Waals surface area (Å²) < 4.78 is 5.77. The fourth-order valence-corrected chi connectivity index (χ4v) is 4.53. The minimum atomic E-state index is -0.387. The van der Waals surface area contributed by atoms with Crippen molar-refractivity contribution in [3.05, 3.63) is 100 Å². The fourth-order valence-electron chi connectivity index (χ4n) is 4.53. The maximum atomic E-state index is 13.1. The first-order valence-electron chi connectivity index (χ1n) is 11.6. The molecule has 1 aliphatic rings. The molecule has 1 aliphatic heterocycles. The Morgan fingerprint density at radius 3 is 2.44 bits per heavy atom. The third-order valence-electron chi connectivity index (χ3n) is 6.37. The number of hydrazone groups is 1. The molecular weight excluding hydrogens is 426 g/mol. The summed E-state index contributed by atoms with van der Waals surface area (Å²) >= 11 is 0. The van der Waals surface area contributed by atoms with E-state index in [1.54, 1.807) is 12.1 Å². The first kappa shape index (κ1) is 21.8. The van der Waals surface area contributed by atoms with Crippen LogP contribution in [-0.2, 0) is 0 Å². The van der Waals surface area contributed by atoms with E-state index in [4.69, 9.17) is 9.52 Å². The lowest BCUT2D eigenvalue weighted by molar-refractivity contribution is 0.475. The number of aromatic hydroxyl groups is 1. The standard InChI is InChI=1S/C28H27N3O3/c1-3-30(4-2)22-13-10-20-16-24(28(33)34-27(20)17-22)25-18-26(19-11-14-23(32)15-12-19)31(29-25)21-8-6-5-7-9-21/h5-17,26,32H,3-4,18H2,1-2H3. The third-order valence-corrected chi connectivity index (χ3v) is 6.37. The van der Waals surface area contributed by atoms with Gasteiger partial charge in [-0.3, -0.25) is 5.01 Å². The van der Waals surface area contributed by atoms with E-state index in [1.165, 1.54) is 0 Å². The highest BCUT2D eigenvalue weighted by Crippen LogP contribution is 2.37. The van der Waals surface area contributed by atoms with E-state index in [2.05, 4.69) is 24.8 Å². The van der Waals surface area contributed by atoms with Crippen molar-refractivity contribution in [1.82, 2.24) is 0 Å². The monoisotopic (exact) mass is 453 g/mol. The zero-order valence-electron chi connectivity index (χ0n) is 19.3. The van der Waals surface area contributed by atoms with Crippen molar-refractivity contribution in [2.75, 3.05) is 23.0 Å². The first-order valence-corrected chi connectivity index (χ1v) is 11.6. The molecule has 0 bridgehead atoms. The maximum Gasteiger partial charge on any atom is 0.345 e. The average Bonchev–Trinajstić information content (AvgIpc) is 3.30. The van der Waals surface area contributed by atoms with E-state index in [0.29, 0.717) is 23.3 Å². The molecule has 2 heterocycles. The predicted molar refractivity (Wildman–Crippen MR) is 137 cm³/mol. The van der Waals surface area contributed by atoms with E-state index >= 15 is 0 Å². The molecule has 5 rings (SSSR count). The Labute approximate surface area is 198 Å². The van der Waals surface area contributed by atoms with Gasteiger partial charge < -0.3 is 14.4 Å². The molecule has 172 valence electrons. The summed E-state index contributed by atoms with van der Waals surface area (Å²) in [7, 11) is 0. The molecule has 0 amide bonds. The second kappa shape index (κ2) is 9.06. The Morgan fingerprint density at radius 1 is 1.00 bits per heavy atom. The number of benzene rings is 3. The summed E-state index contributed by atoms with van der Waals surface area (Å²) in [6.07, 6.45) is 0.549. The molecule has 1 aromatic heterocycles. The van der Waals surface area contributed by atoms with E-state index in [1.807, 2.05) is 65.7 Å². The number of phenols is 1. The molecule has 1 unspecified atom stereocenters. The molecule has 0 saturated carbocycles. The summed E-state index contributed by atoms with van der Waals surface area (Å²) in [5, 5.41) is 17.4. The van der Waals surface area contributed by atoms with E-state index in [9.17, 15) is 9.90 Å². The lowest BCUT2D eigenvalue weighted by atomic mass is 9.98. The second-order valence-electron chi connectivity index (χ2n) is 8.38. The van der Waals surface area contributed by atoms with E-state index < -0.39 is 0 Å². The smallest absolute Gasteiger partial charge is 0.345 e. The quantitative estimate of drug-likeness (QED) is 0.379. The highest BCUT2D eigenvalue weighted by Gasteiger charge is 2.31. The van der Waals surface area contributed by atoms with Gasteiger partial charge in [-0.15, -0.1) is 0 Å². The number of phenolic OH excluding ortho intramolecular Hbond substituents is 1. The van der Waals surface area contributed by atoms with Gasteiger partial charge in [-0.2, -0.15) is 5.10 Å². The van der Waals surface area contributed by atoms with Crippen LogP contribution in [0.3, 0.4) is 0 Å². The highest BCUT2D eigenvalue weighted by molar-refractivity contribution is 6.04. The summed E-state index contributed by atoms with van der Waals surface area (Å²) in [6, 6.07) is 24.8. The fraction of sp³-hybridized carbons (Fsp3) is 0.214. The summed E-state index contributed by atoms with van der Waals surface area (Å²) in [4.78, 5) is 15.3. The molecule has 0 fully saturated rings. The Hall–Kier alpha value is -4.06. The molecule has 0 saturated heterocycles. The van der Waals surface area contributed by atoms with Gasteiger partial charge in [0.2, 0.25) is 0 Å². The van der Waals surface area contributed by atoms with Gasteiger partial charge in [0.25, 0.3) is 0 Å². The molecule has 6 heteroatoms. The van der Waals surface area contributed by atoms with Gasteiger partial charge in [0.1, 0.15) is 11.3 Å². The predicted octanol–water partition coefficient (Wildman–Crippen LogP) is 5.70. The van der Waals surface area contributed by atoms with Gasteiger partial charge in [-0.05, 0) is 61.9 Å². The number of anilines is 2. The van der Waals surface area contributed by atoms with Crippen LogP contribution in [0.25, 0.3) is 11.0 Å². The van der Waals surface area contributed by atoms with Crippen molar-refractivity contribution < 1.29 is 9.52 Å². The Kier molecular flexibility index (Phi) is 5.80. The number of fused-ring (bicyclic) bond motifs is 1. The van der Waals surface area contributed by atoms with Gasteiger partial charge in [0, 0.05) is 36.7 Å². The first-order chi connectivity index (χ1) is 16.6. The summed E-state index contributed by atoms with van der Waals surface area (Å²) in [5.41, 5.74) is 4.33. The Balaban J connectivity index is 1.56. The van der Waals surface area contributed by atoms with Crippen LogP contribution in [0.4, 0.5) is 11.4 Å². The van der Waals surface area contributed by atoms with Crippen LogP contribution in [-0.4, -0.2) is 23.9 Å². The van der Waals surface area contributed by atoms with Crippen LogP contribution in [0.15, 0.2) is 93.2 Å². The number of nitrogens with zero attached hydrogens (tertiary/aromatic N) is 3. The number of hydrogen-bond acceptors (Lipinski definition) is 6. The van der Waals surface area contributed by atoms with Crippen molar-refractivity contribution in [3.8, 4) is 5.75 Å². The van der Waals surface area contributed by atoms with Gasteiger partial charge in [-0.25, -0.2) is 4.79 Å². The lowest BCUT2D eigenvalue weighted by Crippen LogP contribution is -2.21. The van der Waals surface area contributed by atoms with Crippen molar-refractivity contribution in [1.29, 1.82) is 0 Å². The Morgan fingerprint density at radius 2 is 1.74 bits per heavy atom. The summed E-state index contributed by atoms with van der Waals surface area (Å²) in [6.45, 7) is 5.98. The van der Waals surface area contributed by atoms with Crippen LogP contribution >= 0.6 is 0 Å². The van der Waals surface area contributed by atoms with E-state index in [-0.39, 0.29) is 17.4 Å². The van der Waals surface area contributed by atoms with Crippen molar-refractivity contribution in [3.63, 3.8) is 0 Å². The van der Waals surface area contributed by atoms with Crippen molar-refractivity contribution >= 4 is 28.1 Å². The number of rotatable bonds is 6. The molecule has 0 radical (unpaired) electrons. The maximum absolute atomic E-state index is 13.1. The molecular formula is C28H27N3O3. The van der Waals surface area contributed by atoms with Crippen LogP contribution < -0.4 is 15.5 Å². The molecule has 1 atom stereocenters. The van der Waals surface area contributed by atoms with Crippen LogP contribution in [0.5, 0.6) is 5.75 Å². The van der Waals surface area contributed by atoms with Gasteiger partial charge in [0.15, 0.2) is 0 Å². The molecule has 6 nitrogen and oxygen atoms in total. The largest absolute Gasteiger partial charge is 0.508 e. The lowest BCUT2D eigenvalue weighted by Gasteiger charge is -2.24. The van der Waals surface area contributed by atoms with Gasteiger partial charge in [0.05, 0.1) is 23.0 Å². The normalized spacial score (nSPS) is 15.5. The van der Waals surface area contributed by atoms with Crippen molar-refractivity contribution in [2.45, 2.75) is 26.3 Å². The highest BCUT2D eigenvalue weighted by atomic mass is 16.4. The number of para-hydroxylation sites is 1. The number of hydrogen-bond donors (Lipinski definition) is 1. The molecule has 0 spiro atoms. The zero-order chi connectivity index (χ0) is 23.7. The zero-order valence-corrected chi connectivity index (χ0v) is 19.3. The van der Waals surface area contributed by atoms with Gasteiger partial charge >= 0.3 is 5.63 Å². The minimum absolute atomic E-state index is 0.0989. The van der Waals surface area contributed by atoms with Crippen molar-refractivity contribution in [2.24, 2.45) is 5.10 Å². The average molecular weight is 454 g/mol. The molecule has 1 N–H and O–H groups in total. The van der Waals surface area contributed by atoms with Crippen LogP contribution in [0.1, 0.15) is 37.4 Å².